The van der Waals surface area contributed by atoms with Gasteiger partial charge in [0.15, 0.2) is 0 Å². The van der Waals surface area contributed by atoms with Crippen molar-refractivity contribution in [2.75, 3.05) is 30.8 Å². The molecule has 0 aliphatic heterocycles. The highest BCUT2D eigenvalue weighted by molar-refractivity contribution is 7.92. The molecule has 1 atom stereocenters. The molecule has 0 bridgehead atoms. The fourth-order valence-corrected chi connectivity index (χ4v) is 5.50. The Morgan fingerprint density at radius 1 is 0.976 bits per heavy atom. The summed E-state index contributed by atoms with van der Waals surface area (Å²) in [6.07, 6.45) is 1.29. The van der Waals surface area contributed by atoms with Crippen LogP contribution in [0.15, 0.2) is 72.8 Å². The van der Waals surface area contributed by atoms with Gasteiger partial charge in [0.25, 0.3) is 0 Å². The van der Waals surface area contributed by atoms with Crippen molar-refractivity contribution in [3.8, 4) is 5.75 Å². The molecule has 1 N–H and O–H groups in total. The van der Waals surface area contributed by atoms with Crippen molar-refractivity contribution in [3.63, 3.8) is 0 Å². The third-order valence-electron chi connectivity index (χ3n) is 6.49. The Morgan fingerprint density at radius 3 is 2.24 bits per heavy atom. The van der Waals surface area contributed by atoms with E-state index in [0.29, 0.717) is 12.3 Å². The molecule has 0 fully saturated rings. The molecule has 0 aliphatic rings. The number of hydrogen-bond donors (Lipinski definition) is 1. The maximum Gasteiger partial charge on any atom is 0.244 e. The van der Waals surface area contributed by atoms with E-state index in [1.54, 1.807) is 6.07 Å². The number of nitrogens with one attached hydrogen (secondary N) is 1. The highest BCUT2D eigenvalue weighted by atomic mass is 35.5. The average molecular weight is 600 g/mol. The van der Waals surface area contributed by atoms with Crippen molar-refractivity contribution >= 4 is 39.1 Å². The molecule has 10 heteroatoms. The molecule has 0 aliphatic carbocycles. The van der Waals surface area contributed by atoms with E-state index in [1.807, 2.05) is 75.4 Å². The maximum atomic E-state index is 14.1. The lowest BCUT2D eigenvalue weighted by atomic mass is 10.0. The van der Waals surface area contributed by atoms with Gasteiger partial charge >= 0.3 is 0 Å². The van der Waals surface area contributed by atoms with Crippen molar-refractivity contribution < 1.29 is 22.7 Å². The molecule has 0 radical (unpaired) electrons. The van der Waals surface area contributed by atoms with Crippen molar-refractivity contribution in [1.29, 1.82) is 0 Å². The van der Waals surface area contributed by atoms with Gasteiger partial charge in [0.1, 0.15) is 18.3 Å². The first-order chi connectivity index (χ1) is 19.4. The minimum atomic E-state index is -3.90. The SMILES string of the molecule is COc1ccc(N(CC(=O)N(Cc2cccc(C)c2)C(Cc2ccccc2)C(=O)NCC(C)C)S(C)(=O)=O)cc1Cl. The number of carbonyl (C=O) groups is 2. The number of rotatable bonds is 13. The average Bonchev–Trinajstić information content (AvgIpc) is 2.92. The normalized spacial score (nSPS) is 12.1. The number of ether oxygens (including phenoxy) is 1. The van der Waals surface area contributed by atoms with Crippen molar-refractivity contribution in [2.45, 2.75) is 39.8 Å². The van der Waals surface area contributed by atoms with Gasteiger partial charge in [0.05, 0.1) is 24.1 Å². The predicted molar refractivity (Wildman–Crippen MR) is 164 cm³/mol. The van der Waals surface area contributed by atoms with E-state index in [2.05, 4.69) is 5.32 Å². The lowest BCUT2D eigenvalue weighted by molar-refractivity contribution is -0.140. The van der Waals surface area contributed by atoms with E-state index in [9.17, 15) is 18.0 Å². The number of hydrogen-bond acceptors (Lipinski definition) is 5. The summed E-state index contributed by atoms with van der Waals surface area (Å²) in [6, 6.07) is 20.8. The zero-order chi connectivity index (χ0) is 30.2. The topological polar surface area (TPSA) is 96.0 Å². The molecule has 3 aromatic rings. The summed E-state index contributed by atoms with van der Waals surface area (Å²) in [5.74, 6) is -0.245. The Balaban J connectivity index is 2.06. The van der Waals surface area contributed by atoms with Gasteiger partial charge in [-0.2, -0.15) is 0 Å². The second-order valence-corrected chi connectivity index (χ2v) is 12.8. The van der Waals surface area contributed by atoms with Crippen LogP contribution < -0.4 is 14.4 Å². The summed E-state index contributed by atoms with van der Waals surface area (Å²) >= 11 is 6.29. The molecular weight excluding hydrogens is 562 g/mol. The Kier molecular flexibility index (Phi) is 11.2. The Bertz CT molecular complexity index is 1450. The molecule has 3 rings (SSSR count). The zero-order valence-electron chi connectivity index (χ0n) is 24.1. The van der Waals surface area contributed by atoms with Gasteiger partial charge in [-0.25, -0.2) is 8.42 Å². The summed E-state index contributed by atoms with van der Waals surface area (Å²) in [5.41, 5.74) is 2.92. The van der Waals surface area contributed by atoms with Crippen molar-refractivity contribution in [2.24, 2.45) is 5.92 Å². The van der Waals surface area contributed by atoms with Gasteiger partial charge in [-0.05, 0) is 42.2 Å². The van der Waals surface area contributed by atoms with Gasteiger partial charge in [0.2, 0.25) is 21.8 Å². The Morgan fingerprint density at radius 2 is 1.66 bits per heavy atom. The van der Waals surface area contributed by atoms with Crippen LogP contribution in [0.3, 0.4) is 0 Å². The van der Waals surface area contributed by atoms with Gasteiger partial charge in [0, 0.05) is 19.5 Å². The van der Waals surface area contributed by atoms with Crippen LogP contribution in [0.4, 0.5) is 5.69 Å². The monoisotopic (exact) mass is 599 g/mol. The predicted octanol–water partition coefficient (Wildman–Crippen LogP) is 4.84. The van der Waals surface area contributed by atoms with Crippen LogP contribution >= 0.6 is 11.6 Å². The van der Waals surface area contributed by atoms with E-state index in [-0.39, 0.29) is 35.5 Å². The van der Waals surface area contributed by atoms with E-state index < -0.39 is 28.5 Å². The van der Waals surface area contributed by atoms with E-state index in [4.69, 9.17) is 16.3 Å². The van der Waals surface area contributed by atoms with Crippen LogP contribution in [0.5, 0.6) is 5.75 Å². The largest absolute Gasteiger partial charge is 0.495 e. The first-order valence-corrected chi connectivity index (χ1v) is 15.6. The van der Waals surface area contributed by atoms with Crippen LogP contribution in [-0.2, 0) is 32.6 Å². The fourth-order valence-electron chi connectivity index (χ4n) is 4.41. The number of sulfonamides is 1. The molecule has 0 heterocycles. The molecular formula is C31H38ClN3O5S. The van der Waals surface area contributed by atoms with Crippen LogP contribution in [0.2, 0.25) is 5.02 Å². The molecule has 0 spiro atoms. The number of methoxy groups -OCH3 is 1. The summed E-state index contributed by atoms with van der Waals surface area (Å²) < 4.78 is 32.1. The third-order valence-corrected chi connectivity index (χ3v) is 7.93. The number of amides is 2. The molecule has 41 heavy (non-hydrogen) atoms. The lowest BCUT2D eigenvalue weighted by Gasteiger charge is -2.33. The summed E-state index contributed by atoms with van der Waals surface area (Å²) in [7, 11) is -2.45. The first-order valence-electron chi connectivity index (χ1n) is 13.4. The first kappa shape index (κ1) is 32.0. The quantitative estimate of drug-likeness (QED) is 0.303. The van der Waals surface area contributed by atoms with Crippen LogP contribution in [-0.4, -0.2) is 57.6 Å². The van der Waals surface area contributed by atoms with E-state index >= 15 is 0 Å². The van der Waals surface area contributed by atoms with Crippen molar-refractivity contribution in [1.82, 2.24) is 10.2 Å². The summed E-state index contributed by atoms with van der Waals surface area (Å²) in [4.78, 5) is 29.3. The fraction of sp³-hybridized carbons (Fsp3) is 0.355. The number of anilines is 1. The van der Waals surface area contributed by atoms with Crippen LogP contribution in [0.1, 0.15) is 30.5 Å². The molecule has 2 amide bonds. The third kappa shape index (κ3) is 9.23. The van der Waals surface area contributed by atoms with Crippen LogP contribution in [0, 0.1) is 12.8 Å². The Hall–Kier alpha value is -3.56. The maximum absolute atomic E-state index is 14.1. The van der Waals surface area contributed by atoms with Crippen LogP contribution in [0.25, 0.3) is 0 Å². The van der Waals surface area contributed by atoms with E-state index in [1.165, 1.54) is 24.1 Å². The van der Waals surface area contributed by atoms with Gasteiger partial charge in [-0.1, -0.05) is 85.6 Å². The van der Waals surface area contributed by atoms with Gasteiger partial charge in [-0.3, -0.25) is 13.9 Å². The molecule has 220 valence electrons. The molecule has 0 saturated heterocycles. The number of aryl methyl sites for hydroxylation is 1. The lowest BCUT2D eigenvalue weighted by Crippen LogP contribution is -2.53. The summed E-state index contributed by atoms with van der Waals surface area (Å²) in [6.45, 7) is 5.98. The number of carbonyl (C=O) groups excluding carboxylic acids is 2. The molecule has 1 unspecified atom stereocenters. The number of nitrogens with zero attached hydrogens (tertiary/aromatic N) is 2. The van der Waals surface area contributed by atoms with Crippen molar-refractivity contribution in [3.05, 3.63) is 94.5 Å². The smallest absolute Gasteiger partial charge is 0.244 e. The molecule has 0 aromatic heterocycles. The second kappa shape index (κ2) is 14.4. The highest BCUT2D eigenvalue weighted by Gasteiger charge is 2.33. The van der Waals surface area contributed by atoms with E-state index in [0.717, 1.165) is 27.3 Å². The molecule has 8 nitrogen and oxygen atoms in total. The standard InChI is InChI=1S/C31H38ClN3O5S/c1-22(2)19-33-31(37)28(17-24-11-7-6-8-12-24)34(20-25-13-9-10-23(3)16-25)30(36)21-35(41(5,38)39)26-14-15-29(40-4)27(32)18-26/h6-16,18,22,28H,17,19-21H2,1-5H3,(H,33,37). The molecule has 3 aromatic carbocycles. The number of benzene rings is 3. The minimum absolute atomic E-state index is 0.119. The number of halogens is 1. The molecule has 0 saturated carbocycles. The zero-order valence-corrected chi connectivity index (χ0v) is 25.7. The van der Waals surface area contributed by atoms with Gasteiger partial charge in [-0.15, -0.1) is 0 Å². The highest BCUT2D eigenvalue weighted by Crippen LogP contribution is 2.30. The Labute approximate surface area is 248 Å². The second-order valence-electron chi connectivity index (χ2n) is 10.4. The summed E-state index contributed by atoms with van der Waals surface area (Å²) in [5, 5.41) is 3.18. The minimum Gasteiger partial charge on any atom is -0.495 e. The van der Waals surface area contributed by atoms with Gasteiger partial charge < -0.3 is 15.0 Å².